The fraction of sp³-hybridized carbons (Fsp3) is 0.261. The first-order chi connectivity index (χ1) is 13.7. The van der Waals surface area contributed by atoms with Gasteiger partial charge in [0, 0.05) is 17.4 Å². The fourth-order valence-electron chi connectivity index (χ4n) is 4.36. The molecule has 2 aliphatic rings. The van der Waals surface area contributed by atoms with Crippen LogP contribution in [0.15, 0.2) is 43.1 Å². The minimum atomic E-state index is 0. The van der Waals surface area contributed by atoms with Gasteiger partial charge in [-0.15, -0.1) is 6.58 Å². The van der Waals surface area contributed by atoms with Gasteiger partial charge in [0.2, 0.25) is 12.5 Å². The van der Waals surface area contributed by atoms with Gasteiger partial charge >= 0.3 is 0 Å². The Kier molecular flexibility index (Phi) is 5.29. The van der Waals surface area contributed by atoms with E-state index in [-0.39, 0.29) is 30.8 Å². The van der Waals surface area contributed by atoms with Crippen molar-refractivity contribution in [2.45, 2.75) is 19.4 Å². The maximum atomic E-state index is 5.70. The van der Waals surface area contributed by atoms with E-state index in [4.69, 9.17) is 18.9 Å². The fourth-order valence-corrected chi connectivity index (χ4v) is 4.36. The second-order valence-corrected chi connectivity index (χ2v) is 7.02. The summed E-state index contributed by atoms with van der Waals surface area (Å²) >= 11 is 0. The van der Waals surface area contributed by atoms with E-state index in [2.05, 4.69) is 35.5 Å². The molecule has 1 aromatic heterocycles. The van der Waals surface area contributed by atoms with E-state index in [9.17, 15) is 0 Å². The summed E-state index contributed by atoms with van der Waals surface area (Å²) in [6.45, 7) is 5.17. The number of ether oxygens (including phenoxy) is 4. The standard InChI is InChI=1S/C23H22NO4.HI/c1-4-5-16-15-6-7-19(25-2)23(26-3)18(15)12-24-9-8-14-10-20-21(28-13-27-20)11-17(14)22(16)24;/h4,6-7,10-12H,1,5,8-9,13H2,2-3H3;1H/q+1;/p-1. The number of hydrogen-bond donors (Lipinski definition) is 0. The van der Waals surface area contributed by atoms with E-state index in [0.717, 1.165) is 53.2 Å². The number of pyridine rings is 1. The van der Waals surface area contributed by atoms with Gasteiger partial charge in [0.1, 0.15) is 0 Å². The van der Waals surface area contributed by atoms with Gasteiger partial charge in [0.05, 0.1) is 25.2 Å². The van der Waals surface area contributed by atoms with Crippen molar-refractivity contribution in [1.82, 2.24) is 0 Å². The summed E-state index contributed by atoms with van der Waals surface area (Å²) in [6.07, 6.45) is 5.82. The highest BCUT2D eigenvalue weighted by atomic mass is 127. The van der Waals surface area contributed by atoms with E-state index >= 15 is 0 Å². The molecule has 2 aromatic carbocycles. The number of hydrogen-bond acceptors (Lipinski definition) is 4. The Hall–Kier alpha value is -2.48. The largest absolute Gasteiger partial charge is 1.00 e. The molecule has 0 saturated heterocycles. The number of halogens is 1. The first-order valence-corrected chi connectivity index (χ1v) is 9.39. The van der Waals surface area contributed by atoms with Crippen LogP contribution in [0, 0.1) is 0 Å². The number of rotatable bonds is 4. The number of benzene rings is 2. The molecule has 5 rings (SSSR count). The van der Waals surface area contributed by atoms with E-state index in [1.165, 1.54) is 22.4 Å². The maximum absolute atomic E-state index is 5.70. The smallest absolute Gasteiger partial charge is 0.231 e. The summed E-state index contributed by atoms with van der Waals surface area (Å²) in [5.74, 6) is 3.14. The second kappa shape index (κ2) is 7.74. The molecule has 0 unspecified atom stereocenters. The molecule has 5 nitrogen and oxygen atoms in total. The number of aromatic nitrogens is 1. The van der Waals surface area contributed by atoms with Gasteiger partial charge in [0.25, 0.3) is 0 Å². The normalized spacial score (nSPS) is 13.3. The minimum absolute atomic E-state index is 0. The molecular weight excluding hydrogens is 481 g/mol. The Labute approximate surface area is 186 Å². The highest BCUT2D eigenvalue weighted by Gasteiger charge is 2.31. The van der Waals surface area contributed by atoms with Crippen LogP contribution in [0.3, 0.4) is 0 Å². The highest BCUT2D eigenvalue weighted by Crippen LogP contribution is 2.43. The Balaban J connectivity index is 0.00000205. The number of allylic oxidation sites excluding steroid dienone is 1. The highest BCUT2D eigenvalue weighted by molar-refractivity contribution is 5.95. The van der Waals surface area contributed by atoms with E-state index < -0.39 is 0 Å². The molecule has 0 spiro atoms. The molecule has 0 atom stereocenters. The molecule has 0 saturated carbocycles. The van der Waals surface area contributed by atoms with Gasteiger partial charge in [0.15, 0.2) is 35.7 Å². The molecule has 150 valence electrons. The van der Waals surface area contributed by atoms with Crippen LogP contribution >= 0.6 is 0 Å². The predicted molar refractivity (Wildman–Crippen MR) is 106 cm³/mol. The first-order valence-electron chi connectivity index (χ1n) is 9.39. The Bertz CT molecular complexity index is 1130. The number of fused-ring (bicyclic) bond motifs is 5. The van der Waals surface area contributed by atoms with Crippen molar-refractivity contribution in [3.63, 3.8) is 0 Å². The van der Waals surface area contributed by atoms with Crippen LogP contribution < -0.4 is 47.5 Å². The lowest BCUT2D eigenvalue weighted by atomic mass is 9.90. The summed E-state index contributed by atoms with van der Waals surface area (Å²) < 4.78 is 24.8. The van der Waals surface area contributed by atoms with Gasteiger partial charge in [-0.05, 0) is 36.2 Å². The van der Waals surface area contributed by atoms with Crippen molar-refractivity contribution in [2.75, 3.05) is 21.0 Å². The summed E-state index contributed by atoms with van der Waals surface area (Å²) in [5, 5.41) is 2.20. The molecule has 0 N–H and O–H groups in total. The third-order valence-corrected chi connectivity index (χ3v) is 5.59. The van der Waals surface area contributed by atoms with E-state index in [1.54, 1.807) is 14.2 Å². The Morgan fingerprint density at radius 1 is 1.10 bits per heavy atom. The van der Waals surface area contributed by atoms with Gasteiger partial charge < -0.3 is 42.9 Å². The quantitative estimate of drug-likeness (QED) is 0.301. The topological polar surface area (TPSA) is 40.8 Å². The van der Waals surface area contributed by atoms with Crippen LogP contribution in [0.4, 0.5) is 0 Å². The SMILES string of the molecule is C=CCc1c2[n+](cc3c(OC)c(OC)ccc13)CCc1cc3c(cc1-2)OCO3.[I-]. The molecule has 3 aromatic rings. The van der Waals surface area contributed by atoms with Crippen molar-refractivity contribution < 1.29 is 47.5 Å². The predicted octanol–water partition coefficient (Wildman–Crippen LogP) is 0.829. The lowest BCUT2D eigenvalue weighted by Crippen LogP contribution is -3.00. The summed E-state index contributed by atoms with van der Waals surface area (Å²) in [6, 6.07) is 8.31. The zero-order valence-corrected chi connectivity index (χ0v) is 18.6. The van der Waals surface area contributed by atoms with Gasteiger partial charge in [-0.3, -0.25) is 0 Å². The molecule has 0 amide bonds. The number of aryl methyl sites for hydroxylation is 2. The average molecular weight is 503 g/mol. The van der Waals surface area contributed by atoms with Crippen LogP contribution in [-0.2, 0) is 19.4 Å². The third-order valence-electron chi connectivity index (χ3n) is 5.59. The zero-order chi connectivity index (χ0) is 19.3. The van der Waals surface area contributed by atoms with Gasteiger partial charge in [-0.25, -0.2) is 0 Å². The summed E-state index contributed by atoms with van der Waals surface area (Å²) in [7, 11) is 3.35. The van der Waals surface area contributed by atoms with Gasteiger partial charge in [-0.1, -0.05) is 6.08 Å². The molecule has 0 radical (unpaired) electrons. The molecule has 0 bridgehead atoms. The summed E-state index contributed by atoms with van der Waals surface area (Å²) in [5.41, 5.74) is 4.92. The van der Waals surface area contributed by atoms with Crippen molar-refractivity contribution in [2.24, 2.45) is 0 Å². The molecule has 0 fully saturated rings. The molecule has 2 aliphatic heterocycles. The lowest BCUT2D eigenvalue weighted by molar-refractivity contribution is -0.686. The maximum Gasteiger partial charge on any atom is 0.231 e. The third kappa shape index (κ3) is 3.01. The monoisotopic (exact) mass is 503 g/mol. The van der Waals surface area contributed by atoms with Crippen molar-refractivity contribution >= 4 is 10.8 Å². The van der Waals surface area contributed by atoms with E-state index in [1.807, 2.05) is 12.1 Å². The molecule has 3 heterocycles. The number of nitrogens with zero attached hydrogens (tertiary/aromatic N) is 1. The van der Waals surface area contributed by atoms with Crippen LogP contribution in [0.5, 0.6) is 23.0 Å². The minimum Gasteiger partial charge on any atom is -1.00 e. The van der Waals surface area contributed by atoms with Crippen LogP contribution in [0.1, 0.15) is 11.1 Å². The first kappa shape index (κ1) is 19.8. The van der Waals surface area contributed by atoms with E-state index in [0.29, 0.717) is 0 Å². The molecule has 29 heavy (non-hydrogen) atoms. The van der Waals surface area contributed by atoms with Crippen molar-refractivity contribution in [3.05, 3.63) is 54.2 Å². The molecule has 6 heteroatoms. The Morgan fingerprint density at radius 2 is 1.90 bits per heavy atom. The zero-order valence-electron chi connectivity index (χ0n) is 16.5. The Morgan fingerprint density at radius 3 is 2.62 bits per heavy atom. The second-order valence-electron chi connectivity index (χ2n) is 7.02. The van der Waals surface area contributed by atoms with Crippen LogP contribution in [0.25, 0.3) is 22.0 Å². The number of methoxy groups -OCH3 is 2. The van der Waals surface area contributed by atoms with Crippen molar-refractivity contribution in [3.8, 4) is 34.3 Å². The van der Waals surface area contributed by atoms with Gasteiger partial charge in [-0.2, -0.15) is 4.57 Å². The van der Waals surface area contributed by atoms with Crippen LogP contribution in [-0.4, -0.2) is 21.0 Å². The molecule has 0 aliphatic carbocycles. The lowest BCUT2D eigenvalue weighted by Gasteiger charge is -2.20. The average Bonchev–Trinajstić information content (AvgIpc) is 3.18. The summed E-state index contributed by atoms with van der Waals surface area (Å²) in [4.78, 5) is 0. The molecular formula is C23H22INO4. The van der Waals surface area contributed by atoms with Crippen molar-refractivity contribution in [1.29, 1.82) is 0 Å². The van der Waals surface area contributed by atoms with Crippen LogP contribution in [0.2, 0.25) is 0 Å².